The third kappa shape index (κ3) is 17.3. The van der Waals surface area contributed by atoms with Crippen LogP contribution in [0.3, 0.4) is 0 Å². The van der Waals surface area contributed by atoms with E-state index in [0.717, 1.165) is 0 Å². The van der Waals surface area contributed by atoms with Gasteiger partial charge >= 0.3 is 29.8 Å². The highest BCUT2D eigenvalue weighted by Gasteiger charge is 2.40. The number of unbranched alkanes of at least 4 members (excludes halogenated alkanes) is 1. The summed E-state index contributed by atoms with van der Waals surface area (Å²) in [7, 11) is -5.44. The van der Waals surface area contributed by atoms with Gasteiger partial charge < -0.3 is 46.7 Å². The van der Waals surface area contributed by atoms with E-state index >= 15 is 0 Å². The molecule has 12 nitrogen and oxygen atoms in total. The van der Waals surface area contributed by atoms with Crippen LogP contribution in [-0.2, 0) is 36.0 Å². The second-order valence-electron chi connectivity index (χ2n) is 8.00. The molecule has 0 spiro atoms. The Labute approximate surface area is 231 Å². The molecule has 0 radical (unpaired) electrons. The van der Waals surface area contributed by atoms with Crippen molar-refractivity contribution in [1.29, 1.82) is 0 Å². The molecule has 14 heteroatoms. The zero-order valence-corrected chi connectivity index (χ0v) is 26.4. The Bertz CT molecular complexity index is 521. The van der Waals surface area contributed by atoms with E-state index in [1.54, 1.807) is 0 Å². The Morgan fingerprint density at radius 2 is 0.789 bits per heavy atom. The van der Waals surface area contributed by atoms with Crippen molar-refractivity contribution < 1.29 is 45.6 Å². The second-order valence-corrected chi connectivity index (χ2v) is 13.5. The first kappa shape index (κ1) is 36.7. The Morgan fingerprint density at radius 1 is 0.500 bits per heavy atom. The highest BCUT2D eigenvalue weighted by atomic mass is 28.4. The maximum atomic E-state index is 11.9. The third-order valence-electron chi connectivity index (χ3n) is 5.05. The van der Waals surface area contributed by atoms with Gasteiger partial charge in [-0.2, -0.15) is 0 Å². The average Bonchev–Trinajstić information content (AvgIpc) is 2.87. The number of alkyl carbamates (subject to hydrolysis) is 2. The van der Waals surface area contributed by atoms with Crippen molar-refractivity contribution in [3.05, 3.63) is 0 Å². The normalized spacial score (nSPS) is 11.8. The molecular weight excluding hydrogens is 532 g/mol. The van der Waals surface area contributed by atoms with Gasteiger partial charge in [0.05, 0.1) is 13.2 Å². The molecule has 0 aromatic rings. The van der Waals surface area contributed by atoms with E-state index in [4.69, 9.17) is 36.0 Å². The minimum absolute atomic E-state index is 0.254. The lowest BCUT2D eigenvalue weighted by molar-refractivity contribution is 0.0676. The van der Waals surface area contributed by atoms with Crippen molar-refractivity contribution in [3.63, 3.8) is 0 Å². The van der Waals surface area contributed by atoms with E-state index in [2.05, 4.69) is 10.6 Å². The van der Waals surface area contributed by atoms with Crippen LogP contribution in [0.15, 0.2) is 0 Å². The van der Waals surface area contributed by atoms with Crippen molar-refractivity contribution in [2.45, 2.75) is 79.3 Å². The average molecular weight is 585 g/mol. The molecule has 2 N–H and O–H groups in total. The summed E-state index contributed by atoms with van der Waals surface area (Å²) in [4.78, 5) is 23.8. The van der Waals surface area contributed by atoms with Crippen LogP contribution < -0.4 is 10.6 Å². The van der Waals surface area contributed by atoms with Crippen LogP contribution in [0.4, 0.5) is 9.59 Å². The topological polar surface area (TPSA) is 132 Å². The van der Waals surface area contributed by atoms with E-state index in [1.165, 1.54) is 0 Å². The van der Waals surface area contributed by atoms with Gasteiger partial charge in [0, 0.05) is 64.8 Å². The molecule has 0 aliphatic heterocycles. The number of hydrogen-bond donors (Lipinski definition) is 2. The lowest BCUT2D eigenvalue weighted by atomic mass is 10.3. The van der Waals surface area contributed by atoms with Crippen LogP contribution in [0.1, 0.15) is 67.2 Å². The minimum atomic E-state index is -2.72. The zero-order chi connectivity index (χ0) is 28.5. The molecule has 38 heavy (non-hydrogen) atoms. The first-order valence-corrected chi connectivity index (χ1v) is 17.9. The van der Waals surface area contributed by atoms with Crippen molar-refractivity contribution in [2.24, 2.45) is 0 Å². The molecule has 0 saturated carbocycles. The van der Waals surface area contributed by atoms with Crippen LogP contribution in [0.25, 0.3) is 0 Å². The smallest absolute Gasteiger partial charge is 0.450 e. The minimum Gasteiger partial charge on any atom is -0.450 e. The monoisotopic (exact) mass is 584 g/mol. The number of amides is 2. The highest BCUT2D eigenvalue weighted by Crippen LogP contribution is 2.19. The summed E-state index contributed by atoms with van der Waals surface area (Å²) in [6.07, 6.45) is 1.63. The summed E-state index contributed by atoms with van der Waals surface area (Å²) in [5.41, 5.74) is 0. The fourth-order valence-corrected chi connectivity index (χ4v) is 8.80. The second kappa shape index (κ2) is 23.6. The van der Waals surface area contributed by atoms with Gasteiger partial charge in [0.25, 0.3) is 0 Å². The Balaban J connectivity index is 3.96. The molecule has 0 aliphatic rings. The van der Waals surface area contributed by atoms with E-state index < -0.39 is 29.8 Å². The molecule has 2 amide bonds. The lowest BCUT2D eigenvalue weighted by Gasteiger charge is -2.28. The number of rotatable bonds is 25. The maximum absolute atomic E-state index is 11.9. The van der Waals surface area contributed by atoms with Crippen molar-refractivity contribution in [1.82, 2.24) is 10.6 Å². The maximum Gasteiger partial charge on any atom is 0.501 e. The van der Waals surface area contributed by atoms with E-state index in [1.807, 2.05) is 41.5 Å². The van der Waals surface area contributed by atoms with Crippen LogP contribution >= 0.6 is 0 Å². The Kier molecular flexibility index (Phi) is 22.8. The van der Waals surface area contributed by atoms with Gasteiger partial charge in [0.15, 0.2) is 0 Å². The molecule has 0 atom stereocenters. The number of carbonyl (C=O) groups excluding carboxylic acids is 2. The first-order chi connectivity index (χ1) is 18.4. The van der Waals surface area contributed by atoms with Crippen LogP contribution in [0, 0.1) is 0 Å². The van der Waals surface area contributed by atoms with Crippen molar-refractivity contribution in [3.8, 4) is 0 Å². The first-order valence-electron chi connectivity index (χ1n) is 14.0. The fourth-order valence-electron chi connectivity index (χ4n) is 3.64. The van der Waals surface area contributed by atoms with Gasteiger partial charge in [-0.1, -0.05) is 0 Å². The Hall–Kier alpha value is -1.27. The van der Waals surface area contributed by atoms with Crippen LogP contribution in [0.2, 0.25) is 12.1 Å². The summed E-state index contributed by atoms with van der Waals surface area (Å²) in [6.45, 7) is 15.9. The quantitative estimate of drug-likeness (QED) is 0.119. The van der Waals surface area contributed by atoms with Gasteiger partial charge in [-0.05, 0) is 67.2 Å². The molecule has 0 aliphatic carbocycles. The molecule has 0 aromatic heterocycles. The van der Waals surface area contributed by atoms with Gasteiger partial charge in [-0.3, -0.25) is 0 Å². The summed E-state index contributed by atoms with van der Waals surface area (Å²) < 4.78 is 45.2. The SMILES string of the molecule is CCO[Si](CCCOC(=O)NCCCCNC(=O)OCCC[Si](OCC)(OCC)OCC)(OCC)OCC. The zero-order valence-electron chi connectivity index (χ0n) is 24.4. The standard InChI is InChI=1S/C24H52N2O10Si2/c1-7-31-37(32-8-2,33-9-3)21-15-19-29-23(27)25-17-13-14-18-26-24(28)30-20-16-22-38(34-10-4,35-11-5)36-12-6/h7-22H2,1-6H3,(H,25,27)(H,26,28). The predicted molar refractivity (Wildman–Crippen MR) is 148 cm³/mol. The molecule has 0 bridgehead atoms. The summed E-state index contributed by atoms with van der Waals surface area (Å²) >= 11 is 0. The number of hydrogen-bond acceptors (Lipinski definition) is 10. The van der Waals surface area contributed by atoms with Crippen LogP contribution in [-0.4, -0.2) is 95.7 Å². The number of nitrogens with one attached hydrogen (secondary N) is 2. The molecular formula is C24H52N2O10Si2. The molecule has 0 aromatic carbocycles. The van der Waals surface area contributed by atoms with Crippen LogP contribution in [0.5, 0.6) is 0 Å². The van der Waals surface area contributed by atoms with E-state index in [-0.39, 0.29) is 13.2 Å². The summed E-state index contributed by atoms with van der Waals surface area (Å²) in [6, 6.07) is 1.18. The molecule has 0 rings (SSSR count). The lowest BCUT2D eigenvalue weighted by Crippen LogP contribution is -2.46. The number of carbonyl (C=O) groups is 2. The van der Waals surface area contributed by atoms with E-state index in [0.29, 0.717) is 90.5 Å². The van der Waals surface area contributed by atoms with Crippen molar-refractivity contribution in [2.75, 3.05) is 65.9 Å². The van der Waals surface area contributed by atoms with Gasteiger partial charge in [0.2, 0.25) is 0 Å². The predicted octanol–water partition coefficient (Wildman–Crippen LogP) is 4.10. The highest BCUT2D eigenvalue weighted by molar-refractivity contribution is 6.61. The fraction of sp³-hybridized carbons (Fsp3) is 0.917. The summed E-state index contributed by atoms with van der Waals surface area (Å²) in [5.74, 6) is 0. The molecule has 0 unspecified atom stereocenters. The van der Waals surface area contributed by atoms with Gasteiger partial charge in [-0.15, -0.1) is 0 Å². The summed E-state index contributed by atoms with van der Waals surface area (Å²) in [5, 5.41) is 5.42. The van der Waals surface area contributed by atoms with E-state index in [9.17, 15) is 9.59 Å². The van der Waals surface area contributed by atoms with Gasteiger partial charge in [-0.25, -0.2) is 9.59 Å². The molecule has 0 heterocycles. The van der Waals surface area contributed by atoms with Crippen molar-refractivity contribution >= 4 is 29.8 Å². The van der Waals surface area contributed by atoms with Gasteiger partial charge in [0.1, 0.15) is 0 Å². The number of ether oxygens (including phenoxy) is 2. The molecule has 0 saturated heterocycles. The third-order valence-corrected chi connectivity index (χ3v) is 11.4. The Morgan fingerprint density at radius 3 is 1.05 bits per heavy atom. The molecule has 226 valence electrons. The molecule has 0 fully saturated rings. The largest absolute Gasteiger partial charge is 0.501 e.